The Labute approximate surface area is 378 Å². The van der Waals surface area contributed by atoms with Crippen LogP contribution in [-0.4, -0.2) is 49.8 Å². The molecule has 0 spiro atoms. The van der Waals surface area contributed by atoms with Crippen LogP contribution < -0.4 is 0 Å². The molecule has 0 aliphatic rings. The van der Waals surface area contributed by atoms with Crippen molar-refractivity contribution in [2.45, 2.75) is 0 Å². The lowest BCUT2D eigenvalue weighted by atomic mass is 10.0. The first-order chi connectivity index (χ1) is 32.6. The van der Waals surface area contributed by atoms with E-state index < -0.39 is 0 Å². The zero-order valence-electron chi connectivity index (χ0n) is 35.2. The second kappa shape index (κ2) is 16.4. The van der Waals surface area contributed by atoms with Crippen LogP contribution in [0.1, 0.15) is 0 Å². The molecule has 0 aliphatic carbocycles. The molecule has 12 rings (SSSR count). The summed E-state index contributed by atoms with van der Waals surface area (Å²) < 4.78 is 0. The average Bonchev–Trinajstić information content (AvgIpc) is 4.04. The highest BCUT2D eigenvalue weighted by Gasteiger charge is 2.15. The van der Waals surface area contributed by atoms with E-state index in [0.29, 0.717) is 0 Å². The van der Waals surface area contributed by atoms with Gasteiger partial charge in [-0.05, 0) is 130 Å². The third-order valence-electron chi connectivity index (χ3n) is 11.6. The Morgan fingerprint density at radius 1 is 0.242 bits per heavy atom. The van der Waals surface area contributed by atoms with Gasteiger partial charge in [-0.2, -0.15) is 0 Å². The van der Waals surface area contributed by atoms with Crippen molar-refractivity contribution in [1.29, 1.82) is 0 Å². The zero-order valence-corrected chi connectivity index (χ0v) is 35.2. The van der Waals surface area contributed by atoms with Gasteiger partial charge >= 0.3 is 0 Å². The topological polar surface area (TPSA) is 135 Å². The van der Waals surface area contributed by atoms with Gasteiger partial charge in [0.1, 0.15) is 11.6 Å². The lowest BCUT2D eigenvalue weighted by Gasteiger charge is -2.10. The largest absolute Gasteiger partial charge is 0.338 e. The van der Waals surface area contributed by atoms with Gasteiger partial charge in [0.2, 0.25) is 0 Å². The molecule has 0 saturated heterocycles. The lowest BCUT2D eigenvalue weighted by Crippen LogP contribution is -1.94. The van der Waals surface area contributed by atoms with Crippen molar-refractivity contribution in [3.63, 3.8) is 0 Å². The number of hydrogen-bond acceptors (Lipinski definition) is 8. The van der Waals surface area contributed by atoms with E-state index >= 15 is 0 Å². The maximum Gasteiger partial charge on any atom is 0.138 e. The van der Waals surface area contributed by atoms with E-state index in [2.05, 4.69) is 139 Å². The smallest absolute Gasteiger partial charge is 0.138 e. The Morgan fingerprint density at radius 2 is 0.561 bits per heavy atom. The van der Waals surface area contributed by atoms with Gasteiger partial charge in [-0.1, -0.05) is 84.9 Å². The molecule has 4 aromatic carbocycles. The molecule has 0 saturated carbocycles. The van der Waals surface area contributed by atoms with Gasteiger partial charge in [0.15, 0.2) is 0 Å². The molecule has 2 N–H and O–H groups in total. The van der Waals surface area contributed by atoms with Gasteiger partial charge in [-0.25, -0.2) is 19.9 Å². The molecule has 8 heterocycles. The molecule has 0 radical (unpaired) electrons. The molecular weight excluding hydrogens is 813 g/mol. The number of aromatic amines is 2. The summed E-state index contributed by atoms with van der Waals surface area (Å²) in [6, 6.07) is 61.3. The maximum atomic E-state index is 5.04. The number of hydrogen-bond donors (Lipinski definition) is 2. The Balaban J connectivity index is 0.798. The third-order valence-corrected chi connectivity index (χ3v) is 11.6. The molecule has 0 aliphatic heterocycles. The number of pyridine rings is 6. The Bertz CT molecular complexity index is 3300. The quantitative estimate of drug-likeness (QED) is 0.147. The molecule has 0 amide bonds. The van der Waals surface area contributed by atoms with Crippen LogP contribution in [0.5, 0.6) is 0 Å². The van der Waals surface area contributed by atoms with E-state index in [1.807, 2.05) is 72.8 Å². The standard InChI is InChI=1S/C56H36N10/c1-5-25-57-43(9-1)49-31-41(32-50(61-49)44-10-2-6-26-58-44)35-13-17-37(18-14-35)55-63-47-23-21-39(29-53(47)65-55)40-22-24-48-54(30-40)66-56(64-48)38-19-15-36(16-20-38)42-33-51(45-11-3-7-27-59-45)62-52(34-42)46-12-4-8-28-60-46/h1-34H,(H,63,65)(H,64,66). The van der Waals surface area contributed by atoms with E-state index in [1.165, 1.54) is 0 Å². The van der Waals surface area contributed by atoms with Crippen LogP contribution in [0.4, 0.5) is 0 Å². The van der Waals surface area contributed by atoms with Gasteiger partial charge in [0.05, 0.1) is 67.6 Å². The zero-order chi connectivity index (χ0) is 43.8. The van der Waals surface area contributed by atoms with Crippen LogP contribution >= 0.6 is 0 Å². The van der Waals surface area contributed by atoms with E-state index in [4.69, 9.17) is 19.9 Å². The van der Waals surface area contributed by atoms with Crippen LogP contribution in [0.3, 0.4) is 0 Å². The first kappa shape index (κ1) is 38.4. The van der Waals surface area contributed by atoms with Crippen molar-refractivity contribution in [2.75, 3.05) is 0 Å². The summed E-state index contributed by atoms with van der Waals surface area (Å²) in [6.07, 6.45) is 7.14. The summed E-state index contributed by atoms with van der Waals surface area (Å²) in [5.41, 5.74) is 18.3. The molecule has 10 heteroatoms. The Kier molecular flexibility index (Phi) is 9.57. The fraction of sp³-hybridized carbons (Fsp3) is 0. The van der Waals surface area contributed by atoms with E-state index in [-0.39, 0.29) is 0 Å². The maximum absolute atomic E-state index is 5.04. The minimum atomic E-state index is 0.790. The number of nitrogens with one attached hydrogen (secondary N) is 2. The summed E-state index contributed by atoms with van der Waals surface area (Å²) in [4.78, 5) is 45.3. The van der Waals surface area contributed by atoms with Crippen LogP contribution in [0.25, 0.3) is 124 Å². The fourth-order valence-corrected chi connectivity index (χ4v) is 8.26. The predicted octanol–water partition coefficient (Wildman–Crippen LogP) is 12.8. The Morgan fingerprint density at radius 3 is 0.879 bits per heavy atom. The van der Waals surface area contributed by atoms with E-state index in [9.17, 15) is 0 Å². The number of H-pyrrole nitrogens is 2. The SMILES string of the molecule is c1ccc(-c2cc(-c3ccc(-c4nc5cc(-c6ccc7[nH]c(-c8ccc(-c9cc(-c%10ccccn%10)nc(-c%10ccccn%10)c9)cc8)nc7c6)ccc5[nH]4)cc3)cc(-c3ccccn3)n2)nc1. The van der Waals surface area contributed by atoms with Crippen LogP contribution in [0.15, 0.2) is 207 Å². The number of imidazole rings is 2. The monoisotopic (exact) mass is 848 g/mol. The molecule has 0 atom stereocenters. The Hall–Kier alpha value is -9.28. The van der Waals surface area contributed by atoms with Crippen LogP contribution in [0, 0.1) is 0 Å². The van der Waals surface area contributed by atoms with Crippen molar-refractivity contribution < 1.29 is 0 Å². The van der Waals surface area contributed by atoms with Crippen molar-refractivity contribution in [3.8, 4) is 102 Å². The summed E-state index contributed by atoms with van der Waals surface area (Å²) in [6.45, 7) is 0. The highest BCUT2D eigenvalue weighted by molar-refractivity contribution is 5.89. The van der Waals surface area contributed by atoms with Crippen LogP contribution in [0.2, 0.25) is 0 Å². The fourth-order valence-electron chi connectivity index (χ4n) is 8.26. The van der Waals surface area contributed by atoms with E-state index in [1.54, 1.807) is 24.8 Å². The molecule has 12 aromatic rings. The number of rotatable bonds is 9. The van der Waals surface area contributed by atoms with Crippen molar-refractivity contribution in [3.05, 3.63) is 207 Å². The van der Waals surface area contributed by atoms with Crippen molar-refractivity contribution in [2.24, 2.45) is 0 Å². The average molecular weight is 849 g/mol. The van der Waals surface area contributed by atoms with Gasteiger partial charge in [-0.3, -0.25) is 19.9 Å². The molecule has 310 valence electrons. The van der Waals surface area contributed by atoms with Gasteiger partial charge in [0, 0.05) is 35.9 Å². The summed E-state index contributed by atoms with van der Waals surface area (Å²) in [7, 11) is 0. The highest BCUT2D eigenvalue weighted by Crippen LogP contribution is 2.34. The second-order valence-corrected chi connectivity index (χ2v) is 15.9. The van der Waals surface area contributed by atoms with Gasteiger partial charge in [-0.15, -0.1) is 0 Å². The summed E-state index contributed by atoms with van der Waals surface area (Å²) in [5.74, 6) is 1.60. The minimum absolute atomic E-state index is 0.790. The molecule has 0 bridgehead atoms. The first-order valence-electron chi connectivity index (χ1n) is 21.5. The van der Waals surface area contributed by atoms with Gasteiger partial charge in [0.25, 0.3) is 0 Å². The number of aromatic nitrogens is 10. The van der Waals surface area contributed by atoms with E-state index in [0.717, 1.165) is 124 Å². The summed E-state index contributed by atoms with van der Waals surface area (Å²) >= 11 is 0. The van der Waals surface area contributed by atoms with Crippen LogP contribution in [-0.2, 0) is 0 Å². The predicted molar refractivity (Wildman–Crippen MR) is 261 cm³/mol. The molecular formula is C56H36N10. The molecule has 66 heavy (non-hydrogen) atoms. The first-order valence-corrected chi connectivity index (χ1v) is 21.5. The lowest BCUT2D eigenvalue weighted by molar-refractivity contribution is 1.22. The van der Waals surface area contributed by atoms with Crippen molar-refractivity contribution >= 4 is 22.1 Å². The highest BCUT2D eigenvalue weighted by atomic mass is 14.9. The van der Waals surface area contributed by atoms with Crippen molar-refractivity contribution in [1.82, 2.24) is 49.8 Å². The summed E-state index contributed by atoms with van der Waals surface area (Å²) in [5, 5.41) is 0. The number of fused-ring (bicyclic) bond motifs is 2. The second-order valence-electron chi connectivity index (χ2n) is 15.9. The number of nitrogens with zero attached hydrogens (tertiary/aromatic N) is 8. The molecule has 8 aromatic heterocycles. The van der Waals surface area contributed by atoms with Gasteiger partial charge < -0.3 is 9.97 Å². The minimum Gasteiger partial charge on any atom is -0.338 e. The normalized spacial score (nSPS) is 11.3. The molecule has 0 unspecified atom stereocenters. The molecule has 10 nitrogen and oxygen atoms in total. The third kappa shape index (κ3) is 7.54. The number of benzene rings is 4. The molecule has 0 fully saturated rings.